The van der Waals surface area contributed by atoms with E-state index in [0.29, 0.717) is 36.1 Å². The van der Waals surface area contributed by atoms with Crippen molar-refractivity contribution in [3.05, 3.63) is 36.5 Å². The Kier molecular flexibility index (Phi) is 5.74. The minimum atomic E-state index is -2.69. The Labute approximate surface area is 167 Å². The molecule has 29 heavy (non-hydrogen) atoms. The van der Waals surface area contributed by atoms with Crippen molar-refractivity contribution in [2.24, 2.45) is 5.92 Å². The normalized spacial score (nSPS) is 18.5. The zero-order valence-electron chi connectivity index (χ0n) is 15.3. The van der Waals surface area contributed by atoms with Crippen molar-refractivity contribution in [2.45, 2.75) is 19.3 Å². The number of imidazole rings is 1. The first-order chi connectivity index (χ1) is 14.0. The average Bonchev–Trinajstić information content (AvgIpc) is 3.16. The fourth-order valence-electron chi connectivity index (χ4n) is 3.46. The summed E-state index contributed by atoms with van der Waals surface area (Å²) in [5.41, 5.74) is 0.581. The fraction of sp³-hybridized carbons (Fsp3) is 0.412. The third-order valence-electron chi connectivity index (χ3n) is 4.85. The van der Waals surface area contributed by atoms with Gasteiger partial charge in [0, 0.05) is 32.0 Å². The molecule has 3 aromatic rings. The molecule has 12 heteroatoms. The summed E-state index contributed by atoms with van der Waals surface area (Å²) in [6.07, 6.45) is 4.90. The van der Waals surface area contributed by atoms with Crippen molar-refractivity contribution in [3.8, 4) is 11.5 Å². The summed E-state index contributed by atoms with van der Waals surface area (Å²) in [5, 5.41) is 0. The minimum Gasteiger partial charge on any atom is -0.356 e. The Balaban J connectivity index is 1.60. The van der Waals surface area contributed by atoms with Gasteiger partial charge in [0.05, 0.1) is 12.4 Å². The molecule has 0 radical (unpaired) electrons. The Morgan fingerprint density at radius 1 is 1.31 bits per heavy atom. The van der Waals surface area contributed by atoms with Gasteiger partial charge < -0.3 is 4.90 Å². The zero-order chi connectivity index (χ0) is 20.4. The number of fused-ring (bicyclic) bond motifs is 1. The molecule has 9 nitrogen and oxygen atoms in total. The molecule has 1 fully saturated rings. The molecule has 2 atom stereocenters. The van der Waals surface area contributed by atoms with Gasteiger partial charge in [-0.1, -0.05) is 0 Å². The van der Waals surface area contributed by atoms with Crippen LogP contribution in [0.15, 0.2) is 30.9 Å². The molecular formula is C17H19F2N7O2S. The predicted molar refractivity (Wildman–Crippen MR) is 103 cm³/mol. The maximum absolute atomic E-state index is 13.0. The summed E-state index contributed by atoms with van der Waals surface area (Å²) in [6, 6.07) is 1.79. The average molecular weight is 423 g/mol. The molecule has 4 rings (SSSR count). The molecule has 2 N–H and O–H groups in total. The van der Waals surface area contributed by atoms with E-state index in [1.807, 2.05) is 0 Å². The molecule has 0 aliphatic carbocycles. The second-order valence-corrected chi connectivity index (χ2v) is 7.56. The van der Waals surface area contributed by atoms with Gasteiger partial charge in [-0.05, 0) is 24.8 Å². The lowest BCUT2D eigenvalue weighted by Crippen LogP contribution is -2.40. The molecule has 0 saturated carbocycles. The first kappa shape index (κ1) is 19.7. The number of aromatic nitrogens is 5. The van der Waals surface area contributed by atoms with Crippen molar-refractivity contribution >= 4 is 22.7 Å². The molecule has 1 aliphatic rings. The highest BCUT2D eigenvalue weighted by molar-refractivity contribution is 7.77. The third kappa shape index (κ3) is 4.38. The number of nitrogens with zero attached hydrogens (tertiary/aromatic N) is 6. The van der Waals surface area contributed by atoms with E-state index in [-0.39, 0.29) is 11.6 Å². The molecule has 0 spiro atoms. The highest BCUT2D eigenvalue weighted by Crippen LogP contribution is 2.25. The van der Waals surface area contributed by atoms with Crippen LogP contribution in [-0.4, -0.2) is 52.7 Å². The van der Waals surface area contributed by atoms with E-state index in [1.54, 1.807) is 12.3 Å². The highest BCUT2D eigenvalue weighted by atomic mass is 32.2. The van der Waals surface area contributed by atoms with Crippen molar-refractivity contribution in [1.82, 2.24) is 29.1 Å². The quantitative estimate of drug-likeness (QED) is 0.584. The SMILES string of the molecule is O=S(O)NCC1CCCN(c2ccnc(-c3cnc4cnc(C(F)F)cn34)n2)C1. The number of alkyl halides is 2. The molecule has 2 unspecified atom stereocenters. The van der Waals surface area contributed by atoms with Crippen LogP contribution in [0.5, 0.6) is 0 Å². The standard InChI is InChI=1S/C17H19F2N7O2S/c18-16(19)12-10-26-13(7-22-15(26)8-21-12)17-20-4-3-14(24-17)25-5-1-2-11(9-25)6-23-29(27)28/h3-4,7-8,10-11,16,23H,1-2,5-6,9H2,(H,27,28). The van der Waals surface area contributed by atoms with Crippen LogP contribution in [0.2, 0.25) is 0 Å². The Morgan fingerprint density at radius 2 is 2.17 bits per heavy atom. The number of rotatable bonds is 6. The topological polar surface area (TPSA) is 109 Å². The molecule has 0 aromatic carbocycles. The second kappa shape index (κ2) is 8.43. The number of piperidine rings is 1. The molecule has 154 valence electrons. The van der Waals surface area contributed by atoms with E-state index in [4.69, 9.17) is 4.55 Å². The Hall–Kier alpha value is -2.57. The molecule has 4 heterocycles. The second-order valence-electron chi connectivity index (χ2n) is 6.77. The van der Waals surface area contributed by atoms with Crippen molar-refractivity contribution in [2.75, 3.05) is 24.5 Å². The summed E-state index contributed by atoms with van der Waals surface area (Å²) in [4.78, 5) is 18.9. The van der Waals surface area contributed by atoms with Crippen LogP contribution in [0.25, 0.3) is 17.2 Å². The van der Waals surface area contributed by atoms with Crippen LogP contribution in [0, 0.1) is 5.92 Å². The molecule has 3 aromatic heterocycles. The van der Waals surface area contributed by atoms with E-state index < -0.39 is 17.7 Å². The monoisotopic (exact) mass is 423 g/mol. The van der Waals surface area contributed by atoms with Gasteiger partial charge in [-0.2, -0.15) is 0 Å². The fourth-order valence-corrected chi connectivity index (χ4v) is 3.84. The van der Waals surface area contributed by atoms with Crippen LogP contribution in [-0.2, 0) is 11.3 Å². The van der Waals surface area contributed by atoms with Crippen molar-refractivity contribution in [3.63, 3.8) is 0 Å². The zero-order valence-corrected chi connectivity index (χ0v) is 16.1. The van der Waals surface area contributed by atoms with Gasteiger partial charge in [0.15, 0.2) is 11.5 Å². The molecule has 1 saturated heterocycles. The van der Waals surface area contributed by atoms with E-state index in [0.717, 1.165) is 19.4 Å². The molecule has 1 aliphatic heterocycles. The van der Waals surface area contributed by atoms with Crippen molar-refractivity contribution < 1.29 is 17.5 Å². The largest absolute Gasteiger partial charge is 0.356 e. The first-order valence-corrected chi connectivity index (χ1v) is 10.2. The smallest absolute Gasteiger partial charge is 0.281 e. The summed E-state index contributed by atoms with van der Waals surface area (Å²) < 4.78 is 49.9. The van der Waals surface area contributed by atoms with Gasteiger partial charge in [-0.25, -0.2) is 37.6 Å². The lowest BCUT2D eigenvalue weighted by molar-refractivity contribution is 0.145. The van der Waals surface area contributed by atoms with E-state index >= 15 is 0 Å². The summed E-state index contributed by atoms with van der Waals surface area (Å²) in [5.74, 6) is 1.30. The minimum absolute atomic E-state index is 0.216. The lowest BCUT2D eigenvalue weighted by Gasteiger charge is -2.33. The van der Waals surface area contributed by atoms with Crippen LogP contribution in [0.3, 0.4) is 0 Å². The molecule has 0 bridgehead atoms. The number of anilines is 1. The first-order valence-electron chi connectivity index (χ1n) is 9.05. The van der Waals surface area contributed by atoms with Gasteiger partial charge in [-0.15, -0.1) is 0 Å². The summed E-state index contributed by atoms with van der Waals surface area (Å²) in [7, 11) is 0. The number of nitrogens with one attached hydrogen (secondary N) is 1. The molecular weight excluding hydrogens is 404 g/mol. The number of hydrogen-bond acceptors (Lipinski definition) is 6. The van der Waals surface area contributed by atoms with Gasteiger partial charge in [0.1, 0.15) is 17.2 Å². The maximum atomic E-state index is 13.0. The van der Waals surface area contributed by atoms with Crippen LogP contribution in [0.1, 0.15) is 25.0 Å². The van der Waals surface area contributed by atoms with E-state index in [2.05, 4.69) is 29.6 Å². The maximum Gasteiger partial charge on any atom is 0.281 e. The van der Waals surface area contributed by atoms with E-state index in [1.165, 1.54) is 23.0 Å². The van der Waals surface area contributed by atoms with Gasteiger partial charge in [0.2, 0.25) is 11.3 Å². The van der Waals surface area contributed by atoms with Crippen molar-refractivity contribution in [1.29, 1.82) is 0 Å². The molecule has 0 amide bonds. The van der Waals surface area contributed by atoms with Crippen LogP contribution in [0.4, 0.5) is 14.6 Å². The third-order valence-corrected chi connectivity index (χ3v) is 5.26. The Bertz CT molecular complexity index is 1030. The van der Waals surface area contributed by atoms with Crippen LogP contribution < -0.4 is 9.62 Å². The van der Waals surface area contributed by atoms with Gasteiger partial charge in [0.25, 0.3) is 6.43 Å². The lowest BCUT2D eigenvalue weighted by atomic mass is 9.98. The van der Waals surface area contributed by atoms with Gasteiger partial charge in [-0.3, -0.25) is 8.95 Å². The number of hydrogen-bond donors (Lipinski definition) is 2. The Morgan fingerprint density at radius 3 is 2.97 bits per heavy atom. The number of halogens is 2. The summed E-state index contributed by atoms with van der Waals surface area (Å²) in [6.45, 7) is 1.93. The van der Waals surface area contributed by atoms with Crippen LogP contribution >= 0.6 is 0 Å². The summed E-state index contributed by atoms with van der Waals surface area (Å²) >= 11 is -2.03. The predicted octanol–water partition coefficient (Wildman–Crippen LogP) is 2.07. The van der Waals surface area contributed by atoms with E-state index in [9.17, 15) is 13.0 Å². The highest BCUT2D eigenvalue weighted by Gasteiger charge is 2.22. The van der Waals surface area contributed by atoms with Gasteiger partial charge >= 0.3 is 0 Å².